The Labute approximate surface area is 105 Å². The zero-order valence-electron chi connectivity index (χ0n) is 9.71. The first-order valence-electron chi connectivity index (χ1n) is 5.76. The quantitative estimate of drug-likeness (QED) is 0.697. The van der Waals surface area contributed by atoms with Crippen molar-refractivity contribution in [3.05, 3.63) is 60.8 Å². The maximum Gasteiger partial charge on any atom is 0.226 e. The molecule has 1 N–H and O–H groups in total. The van der Waals surface area contributed by atoms with E-state index in [1.165, 1.54) is 0 Å². The lowest BCUT2D eigenvalue weighted by Crippen LogP contribution is -2.10. The summed E-state index contributed by atoms with van der Waals surface area (Å²) in [4.78, 5) is 10.6. The van der Waals surface area contributed by atoms with Gasteiger partial charge in [0.2, 0.25) is 6.41 Å². The Morgan fingerprint density at radius 2 is 1.67 bits per heavy atom. The van der Waals surface area contributed by atoms with Crippen LogP contribution in [0.25, 0.3) is 22.0 Å². The van der Waals surface area contributed by atoms with Crippen LogP contribution in [0.5, 0.6) is 0 Å². The van der Waals surface area contributed by atoms with Crippen LogP contribution in [0.3, 0.4) is 0 Å². The number of fused-ring (bicyclic) bond motifs is 1. The molecule has 3 rings (SSSR count). The van der Waals surface area contributed by atoms with Crippen LogP contribution in [0.4, 0.5) is 0 Å². The highest BCUT2D eigenvalue weighted by molar-refractivity contribution is 5.96. The summed E-state index contributed by atoms with van der Waals surface area (Å²) < 4.78 is 1.74. The molecule has 3 nitrogen and oxygen atoms in total. The molecule has 2 aromatic carbocycles. The van der Waals surface area contributed by atoms with Crippen LogP contribution >= 0.6 is 0 Å². The Balaban J connectivity index is 2.27. The van der Waals surface area contributed by atoms with Crippen LogP contribution in [0.2, 0.25) is 0 Å². The van der Waals surface area contributed by atoms with Crippen molar-refractivity contribution in [2.45, 2.75) is 0 Å². The average molecular weight is 236 g/mol. The smallest absolute Gasteiger partial charge is 0.226 e. The molecule has 1 amide bonds. The number of rotatable bonds is 3. The highest BCUT2D eigenvalue weighted by Crippen LogP contribution is 2.29. The van der Waals surface area contributed by atoms with Gasteiger partial charge in [-0.3, -0.25) is 14.9 Å². The second-order valence-corrected chi connectivity index (χ2v) is 4.04. The molecule has 0 radical (unpaired) electrons. The SMILES string of the molecule is O=CNn1cc(-c2ccccc2)c2ccccc21. The summed E-state index contributed by atoms with van der Waals surface area (Å²) in [6, 6.07) is 18.1. The second-order valence-electron chi connectivity index (χ2n) is 4.04. The van der Waals surface area contributed by atoms with Crippen LogP contribution in [0.1, 0.15) is 0 Å². The van der Waals surface area contributed by atoms with E-state index in [1.807, 2.05) is 42.6 Å². The van der Waals surface area contributed by atoms with Gasteiger partial charge in [-0.1, -0.05) is 48.5 Å². The number of amides is 1. The van der Waals surface area contributed by atoms with E-state index >= 15 is 0 Å². The molecule has 88 valence electrons. The minimum atomic E-state index is 0.682. The van der Waals surface area contributed by atoms with Gasteiger partial charge in [-0.2, -0.15) is 0 Å². The predicted molar refractivity (Wildman–Crippen MR) is 72.8 cm³/mol. The Morgan fingerprint density at radius 3 is 2.44 bits per heavy atom. The summed E-state index contributed by atoms with van der Waals surface area (Å²) >= 11 is 0. The monoisotopic (exact) mass is 236 g/mol. The number of carbonyl (C=O) groups is 1. The molecule has 0 saturated heterocycles. The zero-order valence-corrected chi connectivity index (χ0v) is 9.71. The summed E-state index contributed by atoms with van der Waals surface area (Å²) in [5.74, 6) is 0. The largest absolute Gasteiger partial charge is 0.277 e. The number of nitrogens with one attached hydrogen (secondary N) is 1. The molecule has 0 bridgehead atoms. The van der Waals surface area contributed by atoms with Crippen LogP contribution in [-0.4, -0.2) is 11.1 Å². The number of hydrogen-bond donors (Lipinski definition) is 1. The fourth-order valence-electron chi connectivity index (χ4n) is 2.19. The number of carbonyl (C=O) groups excluding carboxylic acids is 1. The number of aromatic nitrogens is 1. The minimum absolute atomic E-state index is 0.682. The van der Waals surface area contributed by atoms with Crippen molar-refractivity contribution in [3.8, 4) is 11.1 Å². The van der Waals surface area contributed by atoms with E-state index in [9.17, 15) is 4.79 Å². The predicted octanol–water partition coefficient (Wildman–Crippen LogP) is 3.01. The maximum absolute atomic E-state index is 10.6. The summed E-state index contributed by atoms with van der Waals surface area (Å²) in [5.41, 5.74) is 5.92. The molecule has 0 unspecified atom stereocenters. The lowest BCUT2D eigenvalue weighted by molar-refractivity contribution is -0.106. The van der Waals surface area contributed by atoms with Crippen molar-refractivity contribution in [2.75, 3.05) is 5.43 Å². The van der Waals surface area contributed by atoms with Gasteiger partial charge in [0, 0.05) is 17.1 Å². The molecule has 0 fully saturated rings. The summed E-state index contributed by atoms with van der Waals surface area (Å²) in [6.07, 6.45) is 2.62. The Kier molecular flexibility index (Phi) is 2.57. The van der Waals surface area contributed by atoms with E-state index < -0.39 is 0 Å². The van der Waals surface area contributed by atoms with Gasteiger partial charge in [0.05, 0.1) is 5.52 Å². The van der Waals surface area contributed by atoms with E-state index in [-0.39, 0.29) is 0 Å². The molecule has 0 saturated carbocycles. The molecule has 3 aromatic rings. The summed E-state index contributed by atoms with van der Waals surface area (Å²) in [5, 5.41) is 1.12. The highest BCUT2D eigenvalue weighted by atomic mass is 16.1. The molecular weight excluding hydrogens is 224 g/mol. The zero-order chi connectivity index (χ0) is 12.4. The van der Waals surface area contributed by atoms with Gasteiger partial charge < -0.3 is 0 Å². The maximum atomic E-state index is 10.6. The first kappa shape index (κ1) is 10.6. The Bertz CT molecular complexity index is 686. The van der Waals surface area contributed by atoms with Crippen molar-refractivity contribution in [1.29, 1.82) is 0 Å². The summed E-state index contributed by atoms with van der Waals surface area (Å²) in [7, 11) is 0. The molecule has 3 heteroatoms. The minimum Gasteiger partial charge on any atom is -0.277 e. The van der Waals surface area contributed by atoms with Gasteiger partial charge in [-0.05, 0) is 11.6 Å². The molecular formula is C15H12N2O. The Hall–Kier alpha value is -2.55. The molecule has 0 aliphatic rings. The summed E-state index contributed by atoms with van der Waals surface area (Å²) in [6.45, 7) is 0. The number of hydrogen-bond acceptors (Lipinski definition) is 1. The van der Waals surface area contributed by atoms with E-state index in [4.69, 9.17) is 0 Å². The van der Waals surface area contributed by atoms with Crippen LogP contribution < -0.4 is 5.43 Å². The fourth-order valence-corrected chi connectivity index (χ4v) is 2.19. The lowest BCUT2D eigenvalue weighted by Gasteiger charge is -1.99. The lowest BCUT2D eigenvalue weighted by atomic mass is 10.1. The van der Waals surface area contributed by atoms with Crippen molar-refractivity contribution in [1.82, 2.24) is 4.68 Å². The fraction of sp³-hybridized carbons (Fsp3) is 0. The van der Waals surface area contributed by atoms with Gasteiger partial charge in [0.1, 0.15) is 0 Å². The molecule has 18 heavy (non-hydrogen) atoms. The van der Waals surface area contributed by atoms with Crippen LogP contribution in [0, 0.1) is 0 Å². The van der Waals surface area contributed by atoms with Gasteiger partial charge in [0.25, 0.3) is 0 Å². The standard InChI is InChI=1S/C15H12N2O/c18-11-16-17-10-14(12-6-2-1-3-7-12)13-8-4-5-9-15(13)17/h1-11H,(H,16,18). The topological polar surface area (TPSA) is 34.0 Å². The van der Waals surface area contributed by atoms with Crippen LogP contribution in [0.15, 0.2) is 60.8 Å². The third kappa shape index (κ3) is 1.66. The third-order valence-electron chi connectivity index (χ3n) is 2.99. The van der Waals surface area contributed by atoms with E-state index in [0.29, 0.717) is 6.41 Å². The van der Waals surface area contributed by atoms with Gasteiger partial charge in [-0.25, -0.2) is 0 Å². The third-order valence-corrected chi connectivity index (χ3v) is 2.99. The number of para-hydroxylation sites is 1. The second kappa shape index (κ2) is 4.37. The average Bonchev–Trinajstić information content (AvgIpc) is 2.80. The van der Waals surface area contributed by atoms with Gasteiger partial charge in [0.15, 0.2) is 0 Å². The molecule has 0 atom stereocenters. The van der Waals surface area contributed by atoms with E-state index in [0.717, 1.165) is 22.0 Å². The number of nitrogens with zero attached hydrogens (tertiary/aromatic N) is 1. The Morgan fingerprint density at radius 1 is 0.944 bits per heavy atom. The van der Waals surface area contributed by atoms with E-state index in [1.54, 1.807) is 4.68 Å². The van der Waals surface area contributed by atoms with Gasteiger partial charge in [-0.15, -0.1) is 0 Å². The molecule has 1 heterocycles. The molecule has 1 aromatic heterocycles. The molecule has 0 aliphatic heterocycles. The van der Waals surface area contributed by atoms with Crippen molar-refractivity contribution in [3.63, 3.8) is 0 Å². The van der Waals surface area contributed by atoms with Gasteiger partial charge >= 0.3 is 0 Å². The van der Waals surface area contributed by atoms with E-state index in [2.05, 4.69) is 23.6 Å². The first-order valence-corrected chi connectivity index (χ1v) is 5.76. The van der Waals surface area contributed by atoms with Crippen molar-refractivity contribution >= 4 is 17.3 Å². The van der Waals surface area contributed by atoms with Crippen LogP contribution in [-0.2, 0) is 4.79 Å². The first-order chi connectivity index (χ1) is 8.90. The molecule has 0 aliphatic carbocycles. The van der Waals surface area contributed by atoms with Crippen molar-refractivity contribution < 1.29 is 4.79 Å². The number of benzene rings is 2. The molecule has 0 spiro atoms. The van der Waals surface area contributed by atoms with Crippen molar-refractivity contribution in [2.24, 2.45) is 0 Å². The highest BCUT2D eigenvalue weighted by Gasteiger charge is 2.08. The normalized spacial score (nSPS) is 10.4.